The molecule has 152 valence electrons. The second-order valence-corrected chi connectivity index (χ2v) is 10.6. The molecule has 28 heavy (non-hydrogen) atoms. The van der Waals surface area contributed by atoms with Crippen molar-refractivity contribution in [1.82, 2.24) is 24.1 Å². The van der Waals surface area contributed by atoms with Crippen molar-refractivity contribution in [2.45, 2.75) is 19.1 Å². The van der Waals surface area contributed by atoms with E-state index < -0.39 is 9.84 Å². The smallest absolute Gasteiger partial charge is 0.199 e. The van der Waals surface area contributed by atoms with Gasteiger partial charge in [0.25, 0.3) is 0 Å². The summed E-state index contributed by atoms with van der Waals surface area (Å²) < 4.78 is 27.9. The standard InChI is InChI=1S/C18H24ClN5O2S2/c1-21-17(14-2-4-15(19)5-3-14)20-24(18(21)27)13-22-7-9-23(10-8-22)16-6-11-28(25,26)12-16/h2-5,16H,6-13H2,1H3. The lowest BCUT2D eigenvalue weighted by Crippen LogP contribution is -2.50. The summed E-state index contributed by atoms with van der Waals surface area (Å²) in [6, 6.07) is 7.76. The maximum atomic E-state index is 11.7. The molecule has 0 bridgehead atoms. The number of nitrogens with zero attached hydrogens (tertiary/aromatic N) is 5. The minimum atomic E-state index is -2.84. The van der Waals surface area contributed by atoms with Crippen LogP contribution in [0.3, 0.4) is 0 Å². The van der Waals surface area contributed by atoms with Crippen LogP contribution in [-0.4, -0.2) is 76.3 Å². The normalized spacial score (nSPS) is 23.3. The van der Waals surface area contributed by atoms with Crippen LogP contribution in [0.25, 0.3) is 11.4 Å². The summed E-state index contributed by atoms with van der Waals surface area (Å²) in [5.74, 6) is 1.45. The van der Waals surface area contributed by atoms with Gasteiger partial charge in [-0.25, -0.2) is 13.1 Å². The highest BCUT2D eigenvalue weighted by atomic mass is 35.5. The first-order valence-electron chi connectivity index (χ1n) is 9.39. The van der Waals surface area contributed by atoms with Gasteiger partial charge in [-0.15, -0.1) is 0 Å². The van der Waals surface area contributed by atoms with Gasteiger partial charge in [-0.05, 0) is 42.9 Å². The molecule has 0 aliphatic carbocycles. The Labute approximate surface area is 175 Å². The van der Waals surface area contributed by atoms with Crippen LogP contribution in [-0.2, 0) is 23.6 Å². The number of hydrogen-bond acceptors (Lipinski definition) is 6. The topological polar surface area (TPSA) is 63.4 Å². The third-order valence-electron chi connectivity index (χ3n) is 5.61. The molecule has 2 aliphatic rings. The van der Waals surface area contributed by atoms with Crippen molar-refractivity contribution in [2.75, 3.05) is 37.7 Å². The summed E-state index contributed by atoms with van der Waals surface area (Å²) in [7, 11) is -0.913. The fourth-order valence-electron chi connectivity index (χ4n) is 3.95. The average molecular weight is 442 g/mol. The van der Waals surface area contributed by atoms with Crippen LogP contribution >= 0.6 is 23.8 Å². The molecule has 2 saturated heterocycles. The molecule has 2 aliphatic heterocycles. The molecule has 1 unspecified atom stereocenters. The summed E-state index contributed by atoms with van der Waals surface area (Å²) in [4.78, 5) is 4.63. The first-order valence-corrected chi connectivity index (χ1v) is 12.0. The molecular weight excluding hydrogens is 418 g/mol. The van der Waals surface area contributed by atoms with Crippen LogP contribution in [0.2, 0.25) is 5.02 Å². The molecular formula is C18H24ClN5O2S2. The summed E-state index contributed by atoms with van der Waals surface area (Å²) in [5, 5.41) is 5.41. The second-order valence-electron chi connectivity index (χ2n) is 7.52. The molecule has 3 heterocycles. The molecule has 10 heteroatoms. The molecule has 0 N–H and O–H groups in total. The van der Waals surface area contributed by atoms with E-state index in [0.717, 1.165) is 44.0 Å². The van der Waals surface area contributed by atoms with Gasteiger partial charge in [0.1, 0.15) is 0 Å². The Kier molecular flexibility index (Phi) is 5.63. The molecule has 0 saturated carbocycles. The SMILES string of the molecule is Cn1c(-c2ccc(Cl)cc2)nn(CN2CCN(C3CCS(=O)(=O)C3)CC2)c1=S. The molecule has 1 aromatic heterocycles. The van der Waals surface area contributed by atoms with E-state index in [4.69, 9.17) is 28.9 Å². The predicted octanol–water partition coefficient (Wildman–Crippen LogP) is 2.03. The fraction of sp³-hybridized carbons (Fsp3) is 0.556. The third-order valence-corrected chi connectivity index (χ3v) is 8.10. The lowest BCUT2D eigenvalue weighted by Gasteiger charge is -2.37. The van der Waals surface area contributed by atoms with Gasteiger partial charge < -0.3 is 4.57 Å². The van der Waals surface area contributed by atoms with Crippen molar-refractivity contribution >= 4 is 33.7 Å². The Bertz CT molecular complexity index is 1010. The molecule has 1 atom stereocenters. The van der Waals surface area contributed by atoms with Crippen molar-refractivity contribution in [3.05, 3.63) is 34.1 Å². The zero-order valence-corrected chi connectivity index (χ0v) is 18.2. The molecule has 2 aromatic rings. The summed E-state index contributed by atoms with van der Waals surface area (Å²) >= 11 is 11.6. The minimum absolute atomic E-state index is 0.181. The monoisotopic (exact) mass is 441 g/mol. The van der Waals surface area contributed by atoms with Gasteiger partial charge in [-0.1, -0.05) is 11.6 Å². The van der Waals surface area contributed by atoms with E-state index in [0.29, 0.717) is 28.0 Å². The van der Waals surface area contributed by atoms with E-state index in [1.165, 1.54) is 0 Å². The zero-order valence-electron chi connectivity index (χ0n) is 15.8. The van der Waals surface area contributed by atoms with Gasteiger partial charge >= 0.3 is 0 Å². The number of hydrogen-bond donors (Lipinski definition) is 0. The van der Waals surface area contributed by atoms with E-state index in [-0.39, 0.29) is 6.04 Å². The predicted molar refractivity (Wildman–Crippen MR) is 113 cm³/mol. The van der Waals surface area contributed by atoms with Crippen molar-refractivity contribution in [3.8, 4) is 11.4 Å². The lowest BCUT2D eigenvalue weighted by atomic mass is 10.2. The molecule has 0 spiro atoms. The highest BCUT2D eigenvalue weighted by Crippen LogP contribution is 2.21. The highest BCUT2D eigenvalue weighted by molar-refractivity contribution is 7.91. The van der Waals surface area contributed by atoms with Crippen molar-refractivity contribution in [3.63, 3.8) is 0 Å². The zero-order chi connectivity index (χ0) is 19.9. The maximum Gasteiger partial charge on any atom is 0.199 e. The van der Waals surface area contributed by atoms with Crippen molar-refractivity contribution in [1.29, 1.82) is 0 Å². The molecule has 7 nitrogen and oxygen atoms in total. The molecule has 4 rings (SSSR count). The Morgan fingerprint density at radius 2 is 1.86 bits per heavy atom. The van der Waals surface area contributed by atoms with E-state index in [1.807, 2.05) is 40.6 Å². The Morgan fingerprint density at radius 3 is 2.46 bits per heavy atom. The number of aromatic nitrogens is 3. The largest absolute Gasteiger partial charge is 0.303 e. The van der Waals surface area contributed by atoms with Crippen LogP contribution < -0.4 is 0 Å². The number of sulfone groups is 1. The van der Waals surface area contributed by atoms with Crippen LogP contribution in [0.15, 0.2) is 24.3 Å². The highest BCUT2D eigenvalue weighted by Gasteiger charge is 2.33. The van der Waals surface area contributed by atoms with Gasteiger partial charge in [0, 0.05) is 49.9 Å². The Hall–Kier alpha value is -1.26. The van der Waals surface area contributed by atoms with Gasteiger partial charge in [0.2, 0.25) is 0 Å². The van der Waals surface area contributed by atoms with Gasteiger partial charge in [-0.2, -0.15) is 5.10 Å². The van der Waals surface area contributed by atoms with Crippen molar-refractivity contribution < 1.29 is 8.42 Å². The second kappa shape index (κ2) is 7.87. The quantitative estimate of drug-likeness (QED) is 0.676. The van der Waals surface area contributed by atoms with Crippen LogP contribution in [0.4, 0.5) is 0 Å². The van der Waals surface area contributed by atoms with E-state index in [1.54, 1.807) is 0 Å². The number of piperazine rings is 1. The average Bonchev–Trinajstić information content (AvgIpc) is 3.17. The van der Waals surface area contributed by atoms with E-state index in [2.05, 4.69) is 9.80 Å². The third kappa shape index (κ3) is 4.18. The van der Waals surface area contributed by atoms with Crippen LogP contribution in [0.5, 0.6) is 0 Å². The molecule has 2 fully saturated rings. The minimum Gasteiger partial charge on any atom is -0.303 e. The van der Waals surface area contributed by atoms with Crippen molar-refractivity contribution in [2.24, 2.45) is 7.05 Å². The summed E-state index contributed by atoms with van der Waals surface area (Å²) in [6.07, 6.45) is 0.762. The number of halogens is 1. The lowest BCUT2D eigenvalue weighted by molar-refractivity contribution is 0.0808. The molecule has 1 aromatic carbocycles. The summed E-state index contributed by atoms with van der Waals surface area (Å²) in [5.41, 5.74) is 0.976. The first-order chi connectivity index (χ1) is 13.3. The van der Waals surface area contributed by atoms with Gasteiger partial charge in [0.05, 0.1) is 18.2 Å². The van der Waals surface area contributed by atoms with E-state index >= 15 is 0 Å². The van der Waals surface area contributed by atoms with Crippen LogP contribution in [0.1, 0.15) is 6.42 Å². The molecule has 0 radical (unpaired) electrons. The van der Waals surface area contributed by atoms with Gasteiger partial charge in [0.15, 0.2) is 20.4 Å². The van der Waals surface area contributed by atoms with Crippen LogP contribution in [0, 0.1) is 4.77 Å². The first kappa shape index (κ1) is 20.0. The molecule has 0 amide bonds. The number of rotatable bonds is 4. The van der Waals surface area contributed by atoms with Gasteiger partial charge in [-0.3, -0.25) is 9.80 Å². The van der Waals surface area contributed by atoms with E-state index in [9.17, 15) is 8.42 Å². The summed E-state index contributed by atoms with van der Waals surface area (Å²) in [6.45, 7) is 4.15. The Balaban J connectivity index is 1.41. The number of benzene rings is 1. The fourth-order valence-corrected chi connectivity index (χ4v) is 6.03. The maximum absolute atomic E-state index is 11.7. The Morgan fingerprint density at radius 1 is 1.18 bits per heavy atom.